The van der Waals surface area contributed by atoms with Gasteiger partial charge in [0, 0.05) is 41.7 Å². The fourth-order valence-electron chi connectivity index (χ4n) is 4.71. The van der Waals surface area contributed by atoms with Gasteiger partial charge in [-0.05, 0) is 49.2 Å². The van der Waals surface area contributed by atoms with Crippen LogP contribution in [-0.2, 0) is 10.0 Å². The van der Waals surface area contributed by atoms with Crippen LogP contribution in [0.15, 0.2) is 53.4 Å². The Balaban J connectivity index is 1.59. The minimum Gasteiger partial charge on any atom is -0.268 e. The SMILES string of the molecule is O=C1c2ccc([N+](=O)[O-])c3c([N+](=O)[O-])ccc(c23)C(=O)N1c1ccc(S(=O)(=O)N2CCCCC2)cc1. The summed E-state index contributed by atoms with van der Waals surface area (Å²) in [5, 5.41) is 22.5. The highest BCUT2D eigenvalue weighted by molar-refractivity contribution is 7.89. The summed E-state index contributed by atoms with van der Waals surface area (Å²) in [6.45, 7) is 0.846. The van der Waals surface area contributed by atoms with Crippen molar-refractivity contribution in [1.82, 2.24) is 4.31 Å². The second kappa shape index (κ2) is 8.46. The Morgan fingerprint density at radius 1 is 0.694 bits per heavy atom. The third-order valence-electron chi connectivity index (χ3n) is 6.42. The molecule has 0 radical (unpaired) electrons. The van der Waals surface area contributed by atoms with Gasteiger partial charge in [0.25, 0.3) is 23.2 Å². The number of rotatable bonds is 5. The standard InChI is InChI=1S/C23H18N4O8S/c28-22-16-8-10-18(26(30)31)21-19(27(32)33)11-9-17(20(16)21)23(29)25(22)14-4-6-15(7-5-14)36(34,35)24-12-2-1-3-13-24/h4-11H,1-3,12-13H2. The van der Waals surface area contributed by atoms with Gasteiger partial charge in [0.2, 0.25) is 10.0 Å². The van der Waals surface area contributed by atoms with E-state index in [0.717, 1.165) is 48.4 Å². The van der Waals surface area contributed by atoms with Crippen LogP contribution in [-0.4, -0.2) is 47.5 Å². The van der Waals surface area contributed by atoms with E-state index in [1.165, 1.54) is 28.6 Å². The summed E-state index contributed by atoms with van der Waals surface area (Å²) in [6, 6.07) is 9.61. The maximum absolute atomic E-state index is 13.3. The first-order valence-corrected chi connectivity index (χ1v) is 12.4. The van der Waals surface area contributed by atoms with Crippen molar-refractivity contribution in [3.8, 4) is 0 Å². The number of nitrogens with zero attached hydrogens (tertiary/aromatic N) is 4. The highest BCUT2D eigenvalue weighted by Crippen LogP contribution is 2.41. The zero-order valence-corrected chi connectivity index (χ0v) is 19.4. The lowest BCUT2D eigenvalue weighted by Crippen LogP contribution is -2.40. The lowest BCUT2D eigenvalue weighted by molar-refractivity contribution is -0.390. The van der Waals surface area contributed by atoms with Crippen LogP contribution in [0.5, 0.6) is 0 Å². The van der Waals surface area contributed by atoms with Crippen LogP contribution >= 0.6 is 0 Å². The van der Waals surface area contributed by atoms with Crippen molar-refractivity contribution in [3.05, 3.63) is 79.9 Å². The van der Waals surface area contributed by atoms with Gasteiger partial charge in [-0.3, -0.25) is 29.8 Å². The zero-order chi connectivity index (χ0) is 25.8. The minimum absolute atomic E-state index is 0.0267. The van der Waals surface area contributed by atoms with Gasteiger partial charge in [-0.25, -0.2) is 13.3 Å². The molecule has 0 saturated carbocycles. The Kier molecular flexibility index (Phi) is 5.53. The number of hydrogen-bond donors (Lipinski definition) is 0. The Morgan fingerprint density at radius 3 is 1.67 bits per heavy atom. The first kappa shape index (κ1) is 23.5. The van der Waals surface area contributed by atoms with Crippen LogP contribution < -0.4 is 4.90 Å². The molecule has 184 valence electrons. The minimum atomic E-state index is -3.73. The molecule has 0 unspecified atom stereocenters. The number of nitro benzene ring substituents is 2. The van der Waals surface area contributed by atoms with Gasteiger partial charge in [-0.1, -0.05) is 6.42 Å². The highest BCUT2D eigenvalue weighted by atomic mass is 32.2. The largest absolute Gasteiger partial charge is 0.284 e. The molecule has 0 aromatic heterocycles. The number of nitro groups is 2. The van der Waals surface area contributed by atoms with Gasteiger partial charge in [0.15, 0.2) is 0 Å². The van der Waals surface area contributed by atoms with E-state index in [0.29, 0.717) is 13.1 Å². The van der Waals surface area contributed by atoms with Gasteiger partial charge in [-0.15, -0.1) is 0 Å². The first-order chi connectivity index (χ1) is 17.1. The van der Waals surface area contributed by atoms with E-state index in [1.807, 2.05) is 0 Å². The molecule has 0 aliphatic carbocycles. The summed E-state index contributed by atoms with van der Waals surface area (Å²) < 4.78 is 27.3. The van der Waals surface area contributed by atoms with E-state index >= 15 is 0 Å². The smallest absolute Gasteiger partial charge is 0.268 e. The summed E-state index contributed by atoms with van der Waals surface area (Å²) in [7, 11) is -3.73. The highest BCUT2D eigenvalue weighted by Gasteiger charge is 2.38. The number of benzene rings is 3. The third-order valence-corrected chi connectivity index (χ3v) is 8.34. The topological polar surface area (TPSA) is 161 Å². The number of sulfonamides is 1. The van der Waals surface area contributed by atoms with Gasteiger partial charge in [0.1, 0.15) is 5.39 Å². The molecule has 3 aromatic carbocycles. The number of carbonyl (C=O) groups is 2. The Morgan fingerprint density at radius 2 is 1.19 bits per heavy atom. The Labute approximate surface area is 204 Å². The number of imide groups is 1. The summed E-state index contributed by atoms with van der Waals surface area (Å²) in [6.07, 6.45) is 2.51. The number of carbonyl (C=O) groups excluding carboxylic acids is 2. The van der Waals surface area contributed by atoms with Gasteiger partial charge < -0.3 is 0 Å². The maximum atomic E-state index is 13.3. The molecule has 36 heavy (non-hydrogen) atoms. The molecule has 0 N–H and O–H groups in total. The molecule has 0 bridgehead atoms. The Bertz CT molecular complexity index is 1510. The van der Waals surface area contributed by atoms with E-state index in [-0.39, 0.29) is 27.1 Å². The lowest BCUT2D eigenvalue weighted by Gasteiger charge is -2.28. The summed E-state index contributed by atoms with van der Waals surface area (Å²) in [4.78, 5) is 49.0. The lowest BCUT2D eigenvalue weighted by atomic mass is 9.91. The van der Waals surface area contributed by atoms with Crippen molar-refractivity contribution in [3.63, 3.8) is 0 Å². The normalized spacial score (nSPS) is 16.4. The van der Waals surface area contributed by atoms with Crippen molar-refractivity contribution in [1.29, 1.82) is 0 Å². The van der Waals surface area contributed by atoms with E-state index in [2.05, 4.69) is 0 Å². The summed E-state index contributed by atoms with van der Waals surface area (Å²) in [5.74, 6) is -1.67. The Hall–Kier alpha value is -4.23. The van der Waals surface area contributed by atoms with Crippen LogP contribution in [0.25, 0.3) is 10.8 Å². The average Bonchev–Trinajstić information content (AvgIpc) is 2.87. The first-order valence-electron chi connectivity index (χ1n) is 11.0. The van der Waals surface area contributed by atoms with Crippen molar-refractivity contribution >= 4 is 49.7 Å². The van der Waals surface area contributed by atoms with E-state index in [1.54, 1.807) is 0 Å². The quantitative estimate of drug-likeness (QED) is 0.285. The zero-order valence-electron chi connectivity index (χ0n) is 18.6. The van der Waals surface area contributed by atoms with Gasteiger partial charge in [0.05, 0.1) is 20.4 Å². The van der Waals surface area contributed by atoms with Crippen LogP contribution in [0.1, 0.15) is 40.0 Å². The predicted octanol–water partition coefficient (Wildman–Crippen LogP) is 3.63. The molecule has 1 fully saturated rings. The van der Waals surface area contributed by atoms with Crippen molar-refractivity contribution in [2.75, 3.05) is 18.0 Å². The van der Waals surface area contributed by atoms with Crippen molar-refractivity contribution in [2.45, 2.75) is 24.2 Å². The number of piperidine rings is 1. The fourth-order valence-corrected chi connectivity index (χ4v) is 6.23. The molecule has 3 aromatic rings. The molecule has 1 saturated heterocycles. The van der Waals surface area contributed by atoms with Crippen molar-refractivity contribution in [2.24, 2.45) is 0 Å². The molecule has 0 spiro atoms. The second-order valence-electron chi connectivity index (χ2n) is 8.43. The van der Waals surface area contributed by atoms with Gasteiger partial charge in [-0.2, -0.15) is 4.31 Å². The van der Waals surface area contributed by atoms with Crippen LogP contribution in [0, 0.1) is 20.2 Å². The van der Waals surface area contributed by atoms with Crippen LogP contribution in [0.2, 0.25) is 0 Å². The average molecular weight is 510 g/mol. The third kappa shape index (κ3) is 3.51. The molecular weight excluding hydrogens is 492 g/mol. The summed E-state index contributed by atoms with van der Waals surface area (Å²) in [5.41, 5.74) is -1.32. The molecule has 2 aliphatic heterocycles. The number of amides is 2. The molecule has 12 nitrogen and oxygen atoms in total. The maximum Gasteiger partial charge on any atom is 0.284 e. The molecule has 13 heteroatoms. The van der Waals surface area contributed by atoms with Crippen molar-refractivity contribution < 1.29 is 27.9 Å². The number of anilines is 1. The molecule has 2 amide bonds. The predicted molar refractivity (Wildman–Crippen MR) is 127 cm³/mol. The second-order valence-corrected chi connectivity index (χ2v) is 10.4. The fraction of sp³-hybridized carbons (Fsp3) is 0.217. The number of hydrogen-bond acceptors (Lipinski definition) is 8. The van der Waals surface area contributed by atoms with E-state index < -0.39 is 48.4 Å². The van der Waals surface area contributed by atoms with E-state index in [9.17, 15) is 38.2 Å². The van der Waals surface area contributed by atoms with E-state index in [4.69, 9.17) is 0 Å². The molecule has 5 rings (SSSR count). The van der Waals surface area contributed by atoms with Crippen LogP contribution in [0.3, 0.4) is 0 Å². The summed E-state index contributed by atoms with van der Waals surface area (Å²) >= 11 is 0. The van der Waals surface area contributed by atoms with Gasteiger partial charge >= 0.3 is 0 Å². The number of non-ortho nitro benzene ring substituents is 2. The molecule has 2 heterocycles. The molecule has 2 aliphatic rings. The van der Waals surface area contributed by atoms with Crippen LogP contribution in [0.4, 0.5) is 17.1 Å². The molecule has 0 atom stereocenters. The molecular formula is C23H18N4O8S. The monoisotopic (exact) mass is 510 g/mol.